The van der Waals surface area contributed by atoms with Crippen LogP contribution in [0.25, 0.3) is 0 Å². The second-order valence-corrected chi connectivity index (χ2v) is 5.54. The lowest BCUT2D eigenvalue weighted by Crippen LogP contribution is -2.52. The second kappa shape index (κ2) is 5.73. The molecule has 1 aromatic carbocycles. The molecule has 0 bridgehead atoms. The van der Waals surface area contributed by atoms with E-state index in [-0.39, 0.29) is 0 Å². The summed E-state index contributed by atoms with van der Waals surface area (Å²) < 4.78 is 5.90. The first-order valence-electron chi connectivity index (χ1n) is 7.21. The molecule has 2 fully saturated rings. The fraction of sp³-hybridized carbons (Fsp3) is 0.562. The smallest absolute Gasteiger partial charge is 0.0991 e. The van der Waals surface area contributed by atoms with Gasteiger partial charge in [-0.2, -0.15) is 5.26 Å². The molecule has 2 aliphatic rings. The molecule has 19 heavy (non-hydrogen) atoms. The van der Waals surface area contributed by atoms with Gasteiger partial charge in [0.2, 0.25) is 0 Å². The van der Waals surface area contributed by atoms with Gasteiger partial charge in [0.1, 0.15) is 0 Å². The van der Waals surface area contributed by atoms with E-state index >= 15 is 0 Å². The van der Waals surface area contributed by atoms with Crippen molar-refractivity contribution in [3.8, 4) is 6.07 Å². The number of fused-ring (bicyclic) bond motifs is 1. The summed E-state index contributed by atoms with van der Waals surface area (Å²) >= 11 is 0. The number of ether oxygens (including phenoxy) is 1. The van der Waals surface area contributed by atoms with E-state index < -0.39 is 0 Å². The summed E-state index contributed by atoms with van der Waals surface area (Å²) in [4.78, 5) is 2.56. The van der Waals surface area contributed by atoms with Crippen LogP contribution >= 0.6 is 0 Å². The Hall–Kier alpha value is -1.37. The third-order valence-electron chi connectivity index (χ3n) is 4.32. The second-order valence-electron chi connectivity index (χ2n) is 5.54. The minimum atomic E-state index is 0.445. The Morgan fingerprint density at radius 2 is 2.00 bits per heavy atom. The van der Waals surface area contributed by atoms with Crippen LogP contribution in [-0.4, -0.2) is 30.2 Å². The number of hydrogen-bond donors (Lipinski definition) is 0. The van der Waals surface area contributed by atoms with Crippen LogP contribution in [-0.2, 0) is 11.3 Å². The first-order chi connectivity index (χ1) is 9.36. The van der Waals surface area contributed by atoms with E-state index in [1.165, 1.54) is 31.2 Å². The van der Waals surface area contributed by atoms with Gasteiger partial charge in [0.25, 0.3) is 0 Å². The van der Waals surface area contributed by atoms with Gasteiger partial charge in [0.15, 0.2) is 0 Å². The zero-order valence-corrected chi connectivity index (χ0v) is 11.2. The van der Waals surface area contributed by atoms with Crippen molar-refractivity contribution in [3.63, 3.8) is 0 Å². The fourth-order valence-corrected chi connectivity index (χ4v) is 3.29. The average Bonchev–Trinajstić information content (AvgIpc) is 2.48. The van der Waals surface area contributed by atoms with Gasteiger partial charge in [-0.1, -0.05) is 25.0 Å². The summed E-state index contributed by atoms with van der Waals surface area (Å²) in [5, 5.41) is 8.83. The van der Waals surface area contributed by atoms with Gasteiger partial charge in [-0.3, -0.25) is 4.90 Å². The molecule has 0 aromatic heterocycles. The SMILES string of the molecule is N#Cc1ccc(CN2CCO[C@H]3CCCC[C@@H]32)cc1. The van der Waals surface area contributed by atoms with E-state index in [0.717, 1.165) is 25.3 Å². The first-order valence-corrected chi connectivity index (χ1v) is 7.21. The van der Waals surface area contributed by atoms with Gasteiger partial charge in [0.05, 0.1) is 24.3 Å². The zero-order valence-electron chi connectivity index (χ0n) is 11.2. The third kappa shape index (κ3) is 2.80. The molecule has 0 radical (unpaired) electrons. The lowest BCUT2D eigenvalue weighted by molar-refractivity contribution is -0.0911. The van der Waals surface area contributed by atoms with Crippen molar-refractivity contribution in [2.24, 2.45) is 0 Å². The van der Waals surface area contributed by atoms with Crippen LogP contribution in [0.2, 0.25) is 0 Å². The molecule has 0 spiro atoms. The van der Waals surface area contributed by atoms with E-state index in [4.69, 9.17) is 10.00 Å². The van der Waals surface area contributed by atoms with Crippen molar-refractivity contribution < 1.29 is 4.74 Å². The molecule has 3 heteroatoms. The number of hydrogen-bond acceptors (Lipinski definition) is 3. The molecule has 0 amide bonds. The Balaban J connectivity index is 1.68. The van der Waals surface area contributed by atoms with Gasteiger partial charge >= 0.3 is 0 Å². The zero-order chi connectivity index (χ0) is 13.1. The molecule has 1 heterocycles. The summed E-state index contributed by atoms with van der Waals surface area (Å²) in [6, 6.07) is 10.7. The van der Waals surface area contributed by atoms with Gasteiger partial charge in [-0.15, -0.1) is 0 Å². The van der Waals surface area contributed by atoms with E-state index in [1.807, 2.05) is 12.1 Å². The highest BCUT2D eigenvalue weighted by atomic mass is 16.5. The minimum absolute atomic E-state index is 0.445. The lowest BCUT2D eigenvalue weighted by atomic mass is 9.90. The number of morpholine rings is 1. The maximum absolute atomic E-state index is 8.83. The maximum atomic E-state index is 8.83. The van der Waals surface area contributed by atoms with Crippen molar-refractivity contribution in [1.29, 1.82) is 5.26 Å². The number of benzene rings is 1. The summed E-state index contributed by atoms with van der Waals surface area (Å²) in [5.74, 6) is 0. The predicted molar refractivity (Wildman–Crippen MR) is 73.6 cm³/mol. The number of nitrogens with zero attached hydrogens (tertiary/aromatic N) is 2. The molecule has 2 atom stereocenters. The van der Waals surface area contributed by atoms with Crippen molar-refractivity contribution >= 4 is 0 Å². The molecule has 0 unspecified atom stereocenters. The highest BCUT2D eigenvalue weighted by molar-refractivity contribution is 5.31. The highest BCUT2D eigenvalue weighted by Gasteiger charge is 2.33. The van der Waals surface area contributed by atoms with Crippen molar-refractivity contribution in [3.05, 3.63) is 35.4 Å². The van der Waals surface area contributed by atoms with E-state index in [0.29, 0.717) is 12.1 Å². The molecular formula is C16H20N2O. The highest BCUT2D eigenvalue weighted by Crippen LogP contribution is 2.29. The van der Waals surface area contributed by atoms with E-state index in [1.54, 1.807) is 0 Å². The molecule has 3 rings (SSSR count). The molecule has 1 aromatic rings. The van der Waals surface area contributed by atoms with Gasteiger partial charge in [-0.25, -0.2) is 0 Å². The largest absolute Gasteiger partial charge is 0.375 e. The average molecular weight is 256 g/mol. The first kappa shape index (κ1) is 12.7. The number of rotatable bonds is 2. The minimum Gasteiger partial charge on any atom is -0.375 e. The quantitative estimate of drug-likeness (QED) is 0.816. The van der Waals surface area contributed by atoms with Crippen LogP contribution in [0.15, 0.2) is 24.3 Å². The third-order valence-corrected chi connectivity index (χ3v) is 4.32. The van der Waals surface area contributed by atoms with E-state index in [9.17, 15) is 0 Å². The van der Waals surface area contributed by atoms with Gasteiger partial charge in [-0.05, 0) is 30.5 Å². The summed E-state index contributed by atoms with van der Waals surface area (Å²) in [5.41, 5.74) is 2.03. The summed E-state index contributed by atoms with van der Waals surface area (Å²) in [7, 11) is 0. The van der Waals surface area contributed by atoms with Crippen LogP contribution in [0.5, 0.6) is 0 Å². The molecule has 1 saturated carbocycles. The van der Waals surface area contributed by atoms with Crippen molar-refractivity contribution in [2.45, 2.75) is 44.4 Å². The molecule has 3 nitrogen and oxygen atoms in total. The fourth-order valence-electron chi connectivity index (χ4n) is 3.29. The Labute approximate surface area is 114 Å². The van der Waals surface area contributed by atoms with Crippen molar-refractivity contribution in [1.82, 2.24) is 4.90 Å². The standard InChI is InChI=1S/C16H20N2O/c17-11-13-5-7-14(8-6-13)12-18-9-10-19-16-4-2-1-3-15(16)18/h5-8,15-16H,1-4,9-10,12H2/t15-,16-/m0/s1. The molecular weight excluding hydrogens is 236 g/mol. The van der Waals surface area contributed by atoms with Crippen LogP contribution < -0.4 is 0 Å². The monoisotopic (exact) mass is 256 g/mol. The Morgan fingerprint density at radius 1 is 1.21 bits per heavy atom. The van der Waals surface area contributed by atoms with E-state index in [2.05, 4.69) is 23.1 Å². The predicted octanol–water partition coefficient (Wildman–Crippen LogP) is 2.70. The lowest BCUT2D eigenvalue weighted by Gasteiger charge is -2.43. The van der Waals surface area contributed by atoms with Crippen LogP contribution in [0.1, 0.15) is 36.8 Å². The normalized spacial score (nSPS) is 27.5. The Morgan fingerprint density at radius 3 is 2.79 bits per heavy atom. The summed E-state index contributed by atoms with van der Waals surface area (Å²) in [6.07, 6.45) is 5.57. The Kier molecular flexibility index (Phi) is 3.82. The molecule has 1 aliphatic heterocycles. The van der Waals surface area contributed by atoms with Gasteiger partial charge in [0, 0.05) is 19.1 Å². The molecule has 1 aliphatic carbocycles. The Bertz CT molecular complexity index is 461. The molecule has 0 N–H and O–H groups in total. The van der Waals surface area contributed by atoms with Crippen LogP contribution in [0, 0.1) is 11.3 Å². The summed E-state index contributed by atoms with van der Waals surface area (Å²) in [6.45, 7) is 2.87. The van der Waals surface area contributed by atoms with Crippen molar-refractivity contribution in [2.75, 3.05) is 13.2 Å². The van der Waals surface area contributed by atoms with Gasteiger partial charge < -0.3 is 4.74 Å². The van der Waals surface area contributed by atoms with Crippen LogP contribution in [0.4, 0.5) is 0 Å². The molecule has 1 saturated heterocycles. The molecule has 100 valence electrons. The maximum Gasteiger partial charge on any atom is 0.0991 e. The number of nitriles is 1. The topological polar surface area (TPSA) is 36.3 Å². The van der Waals surface area contributed by atoms with Crippen LogP contribution in [0.3, 0.4) is 0 Å².